The van der Waals surface area contributed by atoms with Crippen molar-refractivity contribution >= 4 is 5.65 Å². The minimum absolute atomic E-state index is 0.0314. The van der Waals surface area contributed by atoms with Crippen molar-refractivity contribution in [1.29, 1.82) is 0 Å². The predicted octanol–water partition coefficient (Wildman–Crippen LogP) is 3.56. The fourth-order valence-corrected chi connectivity index (χ4v) is 2.30. The summed E-state index contributed by atoms with van der Waals surface area (Å²) in [6, 6.07) is 7.09. The summed E-state index contributed by atoms with van der Waals surface area (Å²) in [6.45, 7) is 0.309. The molecule has 0 bridgehead atoms. The van der Waals surface area contributed by atoms with E-state index in [9.17, 15) is 13.2 Å². The lowest BCUT2D eigenvalue weighted by atomic mass is 10.1. The SMILES string of the molecule is COCc1ccnn2cc(-c3ccccc3C(F)(F)F)nc12. The van der Waals surface area contributed by atoms with Gasteiger partial charge in [0.1, 0.15) is 0 Å². The number of aromatic nitrogens is 3. The first kappa shape index (κ1) is 14.5. The van der Waals surface area contributed by atoms with E-state index in [2.05, 4.69) is 10.1 Å². The van der Waals surface area contributed by atoms with Crippen molar-refractivity contribution in [3.05, 3.63) is 53.9 Å². The third-order valence-electron chi connectivity index (χ3n) is 3.25. The molecule has 0 N–H and O–H groups in total. The van der Waals surface area contributed by atoms with Crippen molar-refractivity contribution in [2.24, 2.45) is 0 Å². The van der Waals surface area contributed by atoms with Crippen LogP contribution in [-0.2, 0) is 17.5 Å². The first-order chi connectivity index (χ1) is 10.5. The summed E-state index contributed by atoms with van der Waals surface area (Å²) in [4.78, 5) is 4.30. The van der Waals surface area contributed by atoms with Crippen molar-refractivity contribution in [1.82, 2.24) is 14.6 Å². The highest BCUT2D eigenvalue weighted by Crippen LogP contribution is 2.36. The molecule has 114 valence electrons. The summed E-state index contributed by atoms with van der Waals surface area (Å²) in [5, 5.41) is 4.08. The molecule has 2 heterocycles. The Kier molecular flexibility index (Phi) is 3.58. The lowest BCUT2D eigenvalue weighted by Gasteiger charge is -2.10. The molecule has 22 heavy (non-hydrogen) atoms. The van der Waals surface area contributed by atoms with Crippen LogP contribution in [0.3, 0.4) is 0 Å². The van der Waals surface area contributed by atoms with Crippen LogP contribution in [0.1, 0.15) is 11.1 Å². The summed E-state index contributed by atoms with van der Waals surface area (Å²) < 4.78 is 45.9. The molecule has 0 aliphatic rings. The molecule has 1 aromatic carbocycles. The lowest BCUT2D eigenvalue weighted by Crippen LogP contribution is -2.06. The third-order valence-corrected chi connectivity index (χ3v) is 3.25. The molecular weight excluding hydrogens is 295 g/mol. The van der Waals surface area contributed by atoms with Gasteiger partial charge in [0.05, 0.1) is 24.1 Å². The maximum atomic E-state index is 13.1. The second-order valence-electron chi connectivity index (χ2n) is 4.73. The average Bonchev–Trinajstić information content (AvgIpc) is 2.92. The van der Waals surface area contributed by atoms with E-state index in [4.69, 9.17) is 4.74 Å². The minimum atomic E-state index is -4.44. The number of benzene rings is 1. The van der Waals surface area contributed by atoms with Crippen LogP contribution >= 0.6 is 0 Å². The standard InChI is InChI=1S/C15H12F3N3O/c1-22-9-10-6-7-19-21-8-13(20-14(10)21)11-4-2-3-5-12(11)15(16,17)18/h2-8H,9H2,1H3. The van der Waals surface area contributed by atoms with Gasteiger partial charge in [0, 0.05) is 24.4 Å². The van der Waals surface area contributed by atoms with Crippen LogP contribution in [0.2, 0.25) is 0 Å². The molecule has 0 aliphatic heterocycles. The van der Waals surface area contributed by atoms with Crippen LogP contribution in [0.15, 0.2) is 42.7 Å². The summed E-state index contributed by atoms with van der Waals surface area (Å²) in [5.74, 6) is 0. The Labute approximate surface area is 124 Å². The number of methoxy groups -OCH3 is 1. The van der Waals surface area contributed by atoms with Gasteiger partial charge >= 0.3 is 6.18 Å². The predicted molar refractivity (Wildman–Crippen MR) is 74.1 cm³/mol. The molecule has 0 radical (unpaired) electrons. The first-order valence-corrected chi connectivity index (χ1v) is 6.49. The number of hydrogen-bond acceptors (Lipinski definition) is 3. The van der Waals surface area contributed by atoms with E-state index in [1.54, 1.807) is 25.4 Å². The Morgan fingerprint density at radius 3 is 2.68 bits per heavy atom. The van der Waals surface area contributed by atoms with E-state index >= 15 is 0 Å². The molecule has 0 saturated heterocycles. The van der Waals surface area contributed by atoms with Gasteiger partial charge < -0.3 is 4.74 Å². The number of ether oxygens (including phenoxy) is 1. The number of nitrogens with zero attached hydrogens (tertiary/aromatic N) is 3. The molecule has 0 unspecified atom stereocenters. The molecule has 0 saturated carbocycles. The zero-order valence-electron chi connectivity index (χ0n) is 11.6. The van der Waals surface area contributed by atoms with Crippen molar-refractivity contribution in [2.75, 3.05) is 7.11 Å². The van der Waals surface area contributed by atoms with E-state index < -0.39 is 11.7 Å². The summed E-state index contributed by atoms with van der Waals surface area (Å²) in [5.41, 5.74) is 0.782. The van der Waals surface area contributed by atoms with Gasteiger partial charge in [0.15, 0.2) is 5.65 Å². The number of halogens is 3. The molecule has 7 heteroatoms. The van der Waals surface area contributed by atoms with Crippen LogP contribution in [0.4, 0.5) is 13.2 Å². The number of fused-ring (bicyclic) bond motifs is 1. The molecule has 3 rings (SSSR count). The average molecular weight is 307 g/mol. The Balaban J connectivity index is 2.18. The fraction of sp³-hybridized carbons (Fsp3) is 0.200. The maximum Gasteiger partial charge on any atom is 0.417 e. The van der Waals surface area contributed by atoms with Crippen LogP contribution in [0.25, 0.3) is 16.9 Å². The van der Waals surface area contributed by atoms with Crippen molar-refractivity contribution in [2.45, 2.75) is 12.8 Å². The van der Waals surface area contributed by atoms with E-state index in [0.29, 0.717) is 12.3 Å². The summed E-state index contributed by atoms with van der Waals surface area (Å²) in [7, 11) is 1.54. The second kappa shape index (κ2) is 5.42. The van der Waals surface area contributed by atoms with Crippen LogP contribution in [0.5, 0.6) is 0 Å². The van der Waals surface area contributed by atoms with Gasteiger partial charge in [-0.25, -0.2) is 9.50 Å². The van der Waals surface area contributed by atoms with Gasteiger partial charge in [-0.3, -0.25) is 0 Å². The van der Waals surface area contributed by atoms with Gasteiger partial charge in [-0.15, -0.1) is 0 Å². The Bertz CT molecular complexity index is 811. The highest BCUT2D eigenvalue weighted by molar-refractivity contribution is 5.67. The van der Waals surface area contributed by atoms with Crippen LogP contribution in [0, 0.1) is 0 Å². The maximum absolute atomic E-state index is 13.1. The summed E-state index contributed by atoms with van der Waals surface area (Å²) in [6.07, 6.45) is -1.39. The second-order valence-corrected chi connectivity index (χ2v) is 4.73. The Hall–Kier alpha value is -2.41. The zero-order chi connectivity index (χ0) is 15.7. The third kappa shape index (κ3) is 2.55. The first-order valence-electron chi connectivity index (χ1n) is 6.49. The zero-order valence-corrected chi connectivity index (χ0v) is 11.6. The monoisotopic (exact) mass is 307 g/mol. The molecule has 4 nitrogen and oxygen atoms in total. The molecule has 0 fully saturated rings. The van der Waals surface area contributed by atoms with Gasteiger partial charge in [0.2, 0.25) is 0 Å². The van der Waals surface area contributed by atoms with E-state index in [0.717, 1.165) is 11.6 Å². The van der Waals surface area contributed by atoms with E-state index in [1.807, 2.05) is 0 Å². The molecule has 2 aromatic heterocycles. The normalized spacial score (nSPS) is 12.0. The fourth-order valence-electron chi connectivity index (χ4n) is 2.30. The van der Waals surface area contributed by atoms with Gasteiger partial charge in [-0.05, 0) is 12.1 Å². The number of imidazole rings is 1. The summed E-state index contributed by atoms with van der Waals surface area (Å²) >= 11 is 0. The minimum Gasteiger partial charge on any atom is -0.380 e. The molecule has 0 amide bonds. The smallest absolute Gasteiger partial charge is 0.380 e. The van der Waals surface area contributed by atoms with Crippen molar-refractivity contribution in [3.8, 4) is 11.3 Å². The Morgan fingerprint density at radius 1 is 1.18 bits per heavy atom. The van der Waals surface area contributed by atoms with Crippen LogP contribution in [-0.4, -0.2) is 21.7 Å². The Morgan fingerprint density at radius 2 is 1.95 bits per heavy atom. The quantitative estimate of drug-likeness (QED) is 0.742. The number of alkyl halides is 3. The van der Waals surface area contributed by atoms with Crippen molar-refractivity contribution < 1.29 is 17.9 Å². The molecule has 0 atom stereocenters. The highest BCUT2D eigenvalue weighted by Gasteiger charge is 2.33. The molecule has 3 aromatic rings. The number of rotatable bonds is 3. The molecule has 0 aliphatic carbocycles. The highest BCUT2D eigenvalue weighted by atomic mass is 19.4. The van der Waals surface area contributed by atoms with Gasteiger partial charge in [-0.2, -0.15) is 18.3 Å². The largest absolute Gasteiger partial charge is 0.417 e. The van der Waals surface area contributed by atoms with Gasteiger partial charge in [-0.1, -0.05) is 18.2 Å². The van der Waals surface area contributed by atoms with Crippen molar-refractivity contribution in [3.63, 3.8) is 0 Å². The van der Waals surface area contributed by atoms with Crippen LogP contribution < -0.4 is 0 Å². The molecule has 0 spiro atoms. The van der Waals surface area contributed by atoms with E-state index in [-0.39, 0.29) is 11.3 Å². The topological polar surface area (TPSA) is 39.4 Å². The lowest BCUT2D eigenvalue weighted by molar-refractivity contribution is -0.137. The van der Waals surface area contributed by atoms with Gasteiger partial charge in [0.25, 0.3) is 0 Å². The van der Waals surface area contributed by atoms with E-state index in [1.165, 1.54) is 22.8 Å². The molecular formula is C15H12F3N3O. The number of hydrogen-bond donors (Lipinski definition) is 0.